The summed E-state index contributed by atoms with van der Waals surface area (Å²) >= 11 is 1.07. The molecule has 7 heavy (non-hydrogen) atoms. The Morgan fingerprint density at radius 2 is 2.14 bits per heavy atom. The first-order valence-electron chi connectivity index (χ1n) is 2.92. The minimum atomic E-state index is 0. The molecule has 0 atom stereocenters. The predicted molar refractivity (Wildman–Crippen MR) is 41.3 cm³/mol. The molecule has 0 amide bonds. The van der Waals surface area contributed by atoms with Crippen molar-refractivity contribution in [1.82, 2.24) is 4.90 Å². The molecule has 0 unspecified atom stereocenters. The van der Waals surface area contributed by atoms with E-state index in [9.17, 15) is 0 Å². The third kappa shape index (κ3) is 6.50. The molecule has 0 fully saturated rings. The van der Waals surface area contributed by atoms with Crippen molar-refractivity contribution in [2.24, 2.45) is 0 Å². The van der Waals surface area contributed by atoms with E-state index in [1.165, 1.54) is 18.2 Å². The molecule has 0 saturated carbocycles. The first kappa shape index (κ1) is 7.50. The van der Waals surface area contributed by atoms with E-state index in [-0.39, 0.29) is 4.28 Å². The van der Waals surface area contributed by atoms with Gasteiger partial charge in [0.1, 0.15) is 0 Å². The molecule has 0 heterocycles. The zero-order valence-corrected chi connectivity index (χ0v) is 9.76. The Labute approximate surface area is 58.8 Å². The molecule has 0 aromatic rings. The Bertz CT molecular complexity index is 45.9. The molecule has 2 heteroatoms. The molecule has 0 bridgehead atoms. The maximum atomic E-state index is 2.24. The summed E-state index contributed by atoms with van der Waals surface area (Å²) in [5.41, 5.74) is 0. The molecule has 0 aliphatic carbocycles. The SMILES string of the molecule is CN(C)CC[CH2][GeH3].[H-].[H-].[H-]. The summed E-state index contributed by atoms with van der Waals surface area (Å²) in [5.74, 6) is 0. The molecule has 0 aromatic carbocycles. The van der Waals surface area contributed by atoms with Crippen LogP contribution in [0, 0.1) is 0 Å². The van der Waals surface area contributed by atoms with Crippen LogP contribution in [0.25, 0.3) is 0 Å². The van der Waals surface area contributed by atoms with Gasteiger partial charge in [-0.2, -0.15) is 0 Å². The second-order valence-electron chi connectivity index (χ2n) is 2.16. The first-order valence-corrected chi connectivity index (χ1v) is 5.88. The van der Waals surface area contributed by atoms with Gasteiger partial charge in [-0.1, -0.05) is 0 Å². The van der Waals surface area contributed by atoms with Gasteiger partial charge in [0.05, 0.1) is 0 Å². The largest absolute Gasteiger partial charge is 1.00 e. The third-order valence-corrected chi connectivity index (χ3v) is 2.44. The van der Waals surface area contributed by atoms with Crippen molar-refractivity contribution >= 4 is 16.5 Å². The Hall–Kier alpha value is 0.503. The van der Waals surface area contributed by atoms with Crippen molar-refractivity contribution in [2.75, 3.05) is 20.6 Å². The van der Waals surface area contributed by atoms with Gasteiger partial charge in [0.15, 0.2) is 0 Å². The fourth-order valence-corrected chi connectivity index (χ4v) is 1.14. The van der Waals surface area contributed by atoms with Crippen molar-refractivity contribution in [1.29, 1.82) is 0 Å². The zero-order valence-electron chi connectivity index (χ0n) is 8.57. The van der Waals surface area contributed by atoms with E-state index in [0.717, 1.165) is 16.5 Å². The van der Waals surface area contributed by atoms with E-state index in [4.69, 9.17) is 0 Å². The quantitative estimate of drug-likeness (QED) is 0.534. The second kappa shape index (κ2) is 4.66. The summed E-state index contributed by atoms with van der Waals surface area (Å²) < 4.78 is 0. The van der Waals surface area contributed by atoms with Crippen LogP contribution in [0.3, 0.4) is 0 Å². The van der Waals surface area contributed by atoms with Gasteiger partial charge in [-0.25, -0.2) is 0 Å². The maximum Gasteiger partial charge on any atom is -1.00 e. The van der Waals surface area contributed by atoms with Gasteiger partial charge in [0.25, 0.3) is 0 Å². The molecule has 0 N–H and O–H groups in total. The molecule has 0 aliphatic rings. The van der Waals surface area contributed by atoms with Crippen molar-refractivity contribution in [3.05, 3.63) is 0 Å². The third-order valence-electron chi connectivity index (χ3n) is 0.959. The molecule has 0 radical (unpaired) electrons. The molecule has 0 spiro atoms. The van der Waals surface area contributed by atoms with Gasteiger partial charge < -0.3 is 4.28 Å². The summed E-state index contributed by atoms with van der Waals surface area (Å²) in [5, 5.41) is 1.49. The van der Waals surface area contributed by atoms with Crippen LogP contribution in [0.5, 0.6) is 0 Å². The minimum Gasteiger partial charge on any atom is -1.00 e. The Balaban J connectivity index is -0.0000000600. The van der Waals surface area contributed by atoms with E-state index in [2.05, 4.69) is 19.0 Å². The van der Waals surface area contributed by atoms with Crippen LogP contribution in [0.1, 0.15) is 10.7 Å². The van der Waals surface area contributed by atoms with Crippen LogP contribution in [-0.4, -0.2) is 42.1 Å². The maximum absolute atomic E-state index is 2.24. The Morgan fingerprint density at radius 3 is 2.29 bits per heavy atom. The molecular weight excluding hydrogens is 147 g/mol. The topological polar surface area (TPSA) is 3.24 Å². The monoisotopic (exact) mass is 166 g/mol. The minimum absolute atomic E-state index is 0. The van der Waals surface area contributed by atoms with Gasteiger partial charge in [-0.15, -0.1) is 0 Å². The Kier molecular flexibility index (Phi) is 4.99. The van der Waals surface area contributed by atoms with Crippen LogP contribution < -0.4 is 0 Å². The number of hydrogen-bond acceptors (Lipinski definition) is 1. The van der Waals surface area contributed by atoms with E-state index >= 15 is 0 Å². The van der Waals surface area contributed by atoms with Crippen molar-refractivity contribution in [3.63, 3.8) is 0 Å². The number of rotatable bonds is 3. The average molecular weight is 165 g/mol. The molecule has 0 saturated heterocycles. The van der Waals surface area contributed by atoms with Crippen molar-refractivity contribution in [3.8, 4) is 0 Å². The smallest absolute Gasteiger partial charge is 1.00 e. The van der Waals surface area contributed by atoms with Gasteiger partial charge >= 0.3 is 53.7 Å². The van der Waals surface area contributed by atoms with Crippen molar-refractivity contribution in [2.45, 2.75) is 11.7 Å². The van der Waals surface area contributed by atoms with Gasteiger partial charge in [0, 0.05) is 0 Å². The fraction of sp³-hybridized carbons (Fsp3) is 1.00. The van der Waals surface area contributed by atoms with Gasteiger partial charge in [-0.3, -0.25) is 0 Å². The molecular formula is C5H18GeN-3. The average Bonchev–Trinajstić information content (AvgIpc) is 1.61. The van der Waals surface area contributed by atoms with Crippen LogP contribution >= 0.6 is 0 Å². The molecule has 0 aromatic heterocycles. The summed E-state index contributed by atoms with van der Waals surface area (Å²) in [4.78, 5) is 2.24. The number of nitrogens with zero attached hydrogens (tertiary/aromatic N) is 1. The van der Waals surface area contributed by atoms with Crippen LogP contribution in [0.15, 0.2) is 0 Å². The first-order chi connectivity index (χ1) is 3.27. The number of hydrogen-bond donors (Lipinski definition) is 0. The van der Waals surface area contributed by atoms with Gasteiger partial charge in [0.2, 0.25) is 0 Å². The van der Waals surface area contributed by atoms with E-state index < -0.39 is 0 Å². The standard InChI is InChI=1S/C5H15GeN.3H/c1-7(2)5-3-4-6;;;/h3-5H2,1-2,6H3;;;/q;3*-1. The van der Waals surface area contributed by atoms with Crippen molar-refractivity contribution < 1.29 is 4.28 Å². The predicted octanol–water partition coefficient (Wildman–Crippen LogP) is 0.0593. The fourth-order valence-electron chi connectivity index (χ4n) is 0.474. The van der Waals surface area contributed by atoms with Crippen LogP contribution in [0.2, 0.25) is 5.25 Å². The summed E-state index contributed by atoms with van der Waals surface area (Å²) in [6.45, 7) is 1.28. The summed E-state index contributed by atoms with van der Waals surface area (Å²) in [7, 11) is 4.26. The summed E-state index contributed by atoms with van der Waals surface area (Å²) in [6.07, 6.45) is 1.41. The molecule has 0 aliphatic heterocycles. The van der Waals surface area contributed by atoms with Gasteiger partial charge in [-0.05, 0) is 0 Å². The normalized spacial score (nSPS) is 10.7. The Morgan fingerprint density at radius 1 is 1.57 bits per heavy atom. The van der Waals surface area contributed by atoms with Crippen LogP contribution in [0.4, 0.5) is 0 Å². The van der Waals surface area contributed by atoms with E-state index in [1.807, 2.05) is 0 Å². The van der Waals surface area contributed by atoms with E-state index in [1.54, 1.807) is 0 Å². The molecule has 1 nitrogen and oxygen atoms in total. The molecule has 50 valence electrons. The van der Waals surface area contributed by atoms with Crippen LogP contribution in [-0.2, 0) is 0 Å². The zero-order chi connectivity index (χ0) is 5.70. The second-order valence-corrected chi connectivity index (χ2v) is 4.25. The van der Waals surface area contributed by atoms with E-state index in [0.29, 0.717) is 0 Å². The molecule has 0 rings (SSSR count). The summed E-state index contributed by atoms with van der Waals surface area (Å²) in [6, 6.07) is 0.